The van der Waals surface area contributed by atoms with Crippen LogP contribution in [0, 0.1) is 0 Å². The zero-order valence-corrected chi connectivity index (χ0v) is 9.08. The molecule has 0 aromatic heterocycles. The topological polar surface area (TPSA) is 44.5 Å². The van der Waals surface area contributed by atoms with Gasteiger partial charge in [-0.25, -0.2) is 0 Å². The van der Waals surface area contributed by atoms with Crippen molar-refractivity contribution in [3.05, 3.63) is 0 Å². The molecule has 0 rings (SSSR count). The van der Waals surface area contributed by atoms with Crippen LogP contribution in [0.5, 0.6) is 0 Å². The third-order valence-corrected chi connectivity index (χ3v) is 1.99. The first kappa shape index (κ1) is 12.9. The van der Waals surface area contributed by atoms with Crippen molar-refractivity contribution in [2.24, 2.45) is 5.73 Å². The van der Waals surface area contributed by atoms with E-state index in [4.69, 9.17) is 15.2 Å². The Labute approximate surface area is 81.6 Å². The number of hydrogen-bond acceptors (Lipinski definition) is 3. The lowest BCUT2D eigenvalue weighted by atomic mass is 10.2. The number of unbranched alkanes of at least 4 members (excludes halogenated alkanes) is 1. The van der Waals surface area contributed by atoms with E-state index in [0.717, 1.165) is 13.0 Å². The second-order valence-electron chi connectivity index (χ2n) is 3.40. The van der Waals surface area contributed by atoms with Gasteiger partial charge in [0, 0.05) is 12.6 Å². The fraction of sp³-hybridized carbons (Fsp3) is 1.00. The third kappa shape index (κ3) is 8.22. The van der Waals surface area contributed by atoms with Crippen LogP contribution in [0.2, 0.25) is 0 Å². The molecular formula is C10H23NO2. The largest absolute Gasteiger partial charge is 0.379 e. The standard InChI is InChI=1S/C10H23NO2/c1-4-5-6-12-7-8-13-10(3)9(2)11/h9-10H,4-8,11H2,1-3H3/t9-,10?/m1/s1. The molecule has 0 bridgehead atoms. The van der Waals surface area contributed by atoms with E-state index in [0.29, 0.717) is 13.2 Å². The van der Waals surface area contributed by atoms with Crippen LogP contribution in [-0.2, 0) is 9.47 Å². The lowest BCUT2D eigenvalue weighted by molar-refractivity contribution is 0.00414. The smallest absolute Gasteiger partial charge is 0.0704 e. The Morgan fingerprint density at radius 3 is 2.38 bits per heavy atom. The van der Waals surface area contributed by atoms with Gasteiger partial charge in [-0.2, -0.15) is 0 Å². The summed E-state index contributed by atoms with van der Waals surface area (Å²) in [5, 5.41) is 0. The van der Waals surface area contributed by atoms with Gasteiger partial charge in [-0.15, -0.1) is 0 Å². The van der Waals surface area contributed by atoms with E-state index in [1.807, 2.05) is 13.8 Å². The number of rotatable bonds is 8. The zero-order chi connectivity index (χ0) is 10.1. The summed E-state index contributed by atoms with van der Waals surface area (Å²) in [6.07, 6.45) is 2.43. The van der Waals surface area contributed by atoms with Gasteiger partial charge in [-0.05, 0) is 20.3 Å². The molecule has 3 nitrogen and oxygen atoms in total. The highest BCUT2D eigenvalue weighted by Crippen LogP contribution is 1.95. The van der Waals surface area contributed by atoms with Crippen LogP contribution >= 0.6 is 0 Å². The molecule has 0 aliphatic heterocycles. The summed E-state index contributed by atoms with van der Waals surface area (Å²) < 4.78 is 10.8. The van der Waals surface area contributed by atoms with E-state index in [9.17, 15) is 0 Å². The fourth-order valence-corrected chi connectivity index (χ4v) is 0.793. The zero-order valence-electron chi connectivity index (χ0n) is 9.08. The van der Waals surface area contributed by atoms with Gasteiger partial charge in [0.15, 0.2) is 0 Å². The molecule has 0 aliphatic carbocycles. The van der Waals surface area contributed by atoms with Crippen molar-refractivity contribution in [1.82, 2.24) is 0 Å². The molecule has 3 heteroatoms. The Balaban J connectivity index is 3.07. The maximum absolute atomic E-state index is 5.63. The molecule has 2 N–H and O–H groups in total. The second-order valence-corrected chi connectivity index (χ2v) is 3.40. The Bertz CT molecular complexity index is 107. The highest BCUT2D eigenvalue weighted by molar-refractivity contribution is 4.61. The highest BCUT2D eigenvalue weighted by atomic mass is 16.5. The summed E-state index contributed by atoms with van der Waals surface area (Å²) in [6.45, 7) is 8.24. The van der Waals surface area contributed by atoms with Crippen molar-refractivity contribution in [1.29, 1.82) is 0 Å². The first-order valence-electron chi connectivity index (χ1n) is 5.13. The molecule has 0 aromatic rings. The average molecular weight is 189 g/mol. The molecule has 0 radical (unpaired) electrons. The van der Waals surface area contributed by atoms with Gasteiger partial charge in [0.1, 0.15) is 0 Å². The van der Waals surface area contributed by atoms with E-state index in [1.165, 1.54) is 6.42 Å². The van der Waals surface area contributed by atoms with Gasteiger partial charge in [0.25, 0.3) is 0 Å². The first-order valence-corrected chi connectivity index (χ1v) is 5.13. The molecule has 0 amide bonds. The van der Waals surface area contributed by atoms with E-state index in [-0.39, 0.29) is 12.1 Å². The van der Waals surface area contributed by atoms with E-state index in [1.54, 1.807) is 0 Å². The maximum atomic E-state index is 5.63. The van der Waals surface area contributed by atoms with E-state index >= 15 is 0 Å². The number of ether oxygens (including phenoxy) is 2. The molecule has 0 saturated heterocycles. The Morgan fingerprint density at radius 2 is 1.85 bits per heavy atom. The monoisotopic (exact) mass is 189 g/mol. The fourth-order valence-electron chi connectivity index (χ4n) is 0.793. The predicted octanol–water partition coefficient (Wildman–Crippen LogP) is 1.56. The second kappa shape index (κ2) is 8.48. The lowest BCUT2D eigenvalue weighted by Gasteiger charge is -2.16. The van der Waals surface area contributed by atoms with Gasteiger partial charge in [-0.1, -0.05) is 13.3 Å². The SMILES string of the molecule is CCCCOCCOC(C)[C@@H](C)N. The molecule has 0 saturated carbocycles. The van der Waals surface area contributed by atoms with Gasteiger partial charge in [0.05, 0.1) is 19.3 Å². The number of hydrogen-bond donors (Lipinski definition) is 1. The van der Waals surface area contributed by atoms with E-state index < -0.39 is 0 Å². The summed E-state index contributed by atoms with van der Waals surface area (Å²) >= 11 is 0. The quantitative estimate of drug-likeness (QED) is 0.589. The molecule has 0 heterocycles. The van der Waals surface area contributed by atoms with Gasteiger partial charge >= 0.3 is 0 Å². The molecule has 0 fully saturated rings. The van der Waals surface area contributed by atoms with E-state index in [2.05, 4.69) is 6.92 Å². The number of nitrogens with two attached hydrogens (primary N) is 1. The van der Waals surface area contributed by atoms with Gasteiger partial charge < -0.3 is 15.2 Å². The Morgan fingerprint density at radius 1 is 1.15 bits per heavy atom. The summed E-state index contributed by atoms with van der Waals surface area (Å²) in [5.74, 6) is 0. The molecular weight excluding hydrogens is 166 g/mol. The minimum Gasteiger partial charge on any atom is -0.379 e. The third-order valence-electron chi connectivity index (χ3n) is 1.99. The summed E-state index contributed by atoms with van der Waals surface area (Å²) in [6, 6.07) is 0.0932. The molecule has 2 atom stereocenters. The summed E-state index contributed by atoms with van der Waals surface area (Å²) in [5.41, 5.74) is 5.63. The Kier molecular flexibility index (Phi) is 8.40. The molecule has 13 heavy (non-hydrogen) atoms. The Hall–Kier alpha value is -0.120. The van der Waals surface area contributed by atoms with Crippen molar-refractivity contribution in [2.45, 2.75) is 45.8 Å². The molecule has 0 spiro atoms. The minimum absolute atomic E-state index is 0.0932. The van der Waals surface area contributed by atoms with Gasteiger partial charge in [0.2, 0.25) is 0 Å². The average Bonchev–Trinajstić information content (AvgIpc) is 2.10. The van der Waals surface area contributed by atoms with Crippen molar-refractivity contribution >= 4 is 0 Å². The van der Waals surface area contributed by atoms with Crippen LogP contribution in [-0.4, -0.2) is 32.0 Å². The van der Waals surface area contributed by atoms with Crippen LogP contribution in [0.15, 0.2) is 0 Å². The van der Waals surface area contributed by atoms with Crippen molar-refractivity contribution in [3.8, 4) is 0 Å². The normalized spacial score (nSPS) is 15.7. The van der Waals surface area contributed by atoms with Crippen LogP contribution in [0.1, 0.15) is 33.6 Å². The molecule has 80 valence electrons. The predicted molar refractivity (Wildman–Crippen MR) is 54.8 cm³/mol. The van der Waals surface area contributed by atoms with Crippen molar-refractivity contribution in [2.75, 3.05) is 19.8 Å². The molecule has 0 aromatic carbocycles. The first-order chi connectivity index (χ1) is 6.18. The molecule has 0 aliphatic rings. The lowest BCUT2D eigenvalue weighted by Crippen LogP contribution is -2.32. The summed E-state index contributed by atoms with van der Waals surface area (Å²) in [4.78, 5) is 0. The minimum atomic E-state index is 0.0932. The summed E-state index contributed by atoms with van der Waals surface area (Å²) in [7, 11) is 0. The van der Waals surface area contributed by atoms with Crippen molar-refractivity contribution in [3.63, 3.8) is 0 Å². The van der Waals surface area contributed by atoms with Crippen LogP contribution in [0.3, 0.4) is 0 Å². The van der Waals surface area contributed by atoms with Crippen LogP contribution in [0.25, 0.3) is 0 Å². The van der Waals surface area contributed by atoms with Gasteiger partial charge in [-0.3, -0.25) is 0 Å². The highest BCUT2D eigenvalue weighted by Gasteiger charge is 2.06. The van der Waals surface area contributed by atoms with Crippen LogP contribution < -0.4 is 5.73 Å². The maximum Gasteiger partial charge on any atom is 0.0704 e. The van der Waals surface area contributed by atoms with Crippen molar-refractivity contribution < 1.29 is 9.47 Å². The van der Waals surface area contributed by atoms with Crippen LogP contribution in [0.4, 0.5) is 0 Å². The molecule has 1 unspecified atom stereocenters.